The Bertz CT molecular complexity index is 1300. The number of nitrogens with zero attached hydrogens (tertiary/aromatic N) is 3. The highest BCUT2D eigenvalue weighted by Gasteiger charge is 2.30. The van der Waals surface area contributed by atoms with E-state index in [-0.39, 0.29) is 23.6 Å². The molecule has 4 aromatic rings. The second-order valence-electron chi connectivity index (χ2n) is 7.02. The number of H-pyrrole nitrogens is 1. The highest BCUT2D eigenvalue weighted by molar-refractivity contribution is 6.30. The zero-order valence-electron chi connectivity index (χ0n) is 16.3. The summed E-state index contributed by atoms with van der Waals surface area (Å²) in [6.07, 6.45) is -4.04. The number of benzene rings is 2. The van der Waals surface area contributed by atoms with Crippen LogP contribution >= 0.6 is 11.6 Å². The van der Waals surface area contributed by atoms with Crippen molar-refractivity contribution in [2.75, 3.05) is 5.32 Å². The summed E-state index contributed by atoms with van der Waals surface area (Å²) in [5.74, 6) is 0.563. The number of aryl methyl sites for hydroxylation is 1. The van der Waals surface area contributed by atoms with Crippen LogP contribution < -0.4 is 10.9 Å². The predicted octanol–water partition coefficient (Wildman–Crippen LogP) is 4.60. The Balaban J connectivity index is 1.58. The van der Waals surface area contributed by atoms with Crippen LogP contribution in [-0.2, 0) is 19.1 Å². The Morgan fingerprint density at radius 3 is 2.58 bits per heavy atom. The maximum Gasteiger partial charge on any atom is 0.416 e. The van der Waals surface area contributed by atoms with Crippen molar-refractivity contribution in [3.63, 3.8) is 0 Å². The molecule has 2 heterocycles. The van der Waals surface area contributed by atoms with Crippen molar-refractivity contribution < 1.29 is 13.2 Å². The molecule has 0 radical (unpaired) electrons. The second-order valence-corrected chi connectivity index (χ2v) is 7.46. The molecule has 2 aromatic heterocycles. The van der Waals surface area contributed by atoms with Crippen LogP contribution in [0, 0.1) is 6.92 Å². The summed E-state index contributed by atoms with van der Waals surface area (Å²) in [5, 5.41) is 6.35. The predicted molar refractivity (Wildman–Crippen MR) is 111 cm³/mol. The van der Waals surface area contributed by atoms with Crippen LogP contribution in [0.2, 0.25) is 5.02 Å². The van der Waals surface area contributed by atoms with Crippen molar-refractivity contribution in [2.45, 2.75) is 26.1 Å². The van der Waals surface area contributed by atoms with E-state index in [1.165, 1.54) is 16.6 Å². The minimum absolute atomic E-state index is 0.0929. The van der Waals surface area contributed by atoms with E-state index >= 15 is 0 Å². The van der Waals surface area contributed by atoms with E-state index in [1.807, 2.05) is 12.1 Å². The van der Waals surface area contributed by atoms with Gasteiger partial charge in [-0.25, -0.2) is 4.98 Å². The first kappa shape index (κ1) is 20.9. The van der Waals surface area contributed by atoms with Gasteiger partial charge in [0.25, 0.3) is 11.3 Å². The lowest BCUT2D eigenvalue weighted by atomic mass is 10.1. The first-order chi connectivity index (χ1) is 14.7. The third-order valence-electron chi connectivity index (χ3n) is 4.79. The van der Waals surface area contributed by atoms with Crippen molar-refractivity contribution >= 4 is 23.1 Å². The summed E-state index contributed by atoms with van der Waals surface area (Å²) in [6, 6.07) is 12.1. The average Bonchev–Trinajstić information content (AvgIpc) is 3.13. The van der Waals surface area contributed by atoms with Gasteiger partial charge in [-0.1, -0.05) is 29.8 Å². The van der Waals surface area contributed by atoms with E-state index < -0.39 is 11.7 Å². The van der Waals surface area contributed by atoms with Crippen molar-refractivity contribution in [1.82, 2.24) is 19.6 Å². The summed E-state index contributed by atoms with van der Waals surface area (Å²) in [7, 11) is 0. The third kappa shape index (κ3) is 4.56. The number of fused-ring (bicyclic) bond motifs is 1. The first-order valence-electron chi connectivity index (χ1n) is 9.33. The van der Waals surface area contributed by atoms with Crippen molar-refractivity contribution in [3.05, 3.63) is 92.1 Å². The molecule has 0 aliphatic heterocycles. The number of anilines is 1. The molecular weight excluding hydrogens is 431 g/mol. The van der Waals surface area contributed by atoms with Crippen LogP contribution in [0.3, 0.4) is 0 Å². The van der Waals surface area contributed by atoms with Gasteiger partial charge in [0.15, 0.2) is 0 Å². The van der Waals surface area contributed by atoms with Gasteiger partial charge in [0.05, 0.1) is 17.8 Å². The Labute approximate surface area is 179 Å². The zero-order chi connectivity index (χ0) is 22.2. The Morgan fingerprint density at radius 2 is 1.87 bits per heavy atom. The largest absolute Gasteiger partial charge is 0.416 e. The van der Waals surface area contributed by atoms with Crippen LogP contribution in [0.15, 0.2) is 53.3 Å². The molecule has 6 nitrogen and oxygen atoms in total. The van der Waals surface area contributed by atoms with E-state index in [1.54, 1.807) is 19.1 Å². The number of hydrogen-bond acceptors (Lipinski definition) is 4. The van der Waals surface area contributed by atoms with Gasteiger partial charge in [-0.2, -0.15) is 22.7 Å². The molecule has 10 heteroatoms. The number of nitrogens with one attached hydrogen (secondary N) is 2. The molecule has 0 amide bonds. The molecule has 0 spiro atoms. The number of aromatic nitrogens is 4. The van der Waals surface area contributed by atoms with Crippen molar-refractivity contribution in [3.8, 4) is 0 Å². The molecule has 0 fully saturated rings. The summed E-state index contributed by atoms with van der Waals surface area (Å²) in [4.78, 5) is 21.6. The van der Waals surface area contributed by atoms with Crippen LogP contribution in [0.4, 0.5) is 18.9 Å². The average molecular weight is 448 g/mol. The Morgan fingerprint density at radius 1 is 1.13 bits per heavy atom. The molecule has 2 N–H and O–H groups in total. The lowest BCUT2D eigenvalue weighted by Crippen LogP contribution is -2.22. The molecule has 0 atom stereocenters. The standard InChI is InChI=1S/C21H17ClF3N5O/c1-12-17(9-13-5-7-15(22)8-6-13)19(31)30-20(27-12)28-18(29-30)11-26-16-4-2-3-14(10-16)21(23,24)25/h2-8,10,26H,9,11H2,1H3,(H,27,28,29). The van der Waals surface area contributed by atoms with Gasteiger partial charge in [-0.05, 0) is 42.8 Å². The number of aromatic amines is 1. The molecule has 4 rings (SSSR count). The second kappa shape index (κ2) is 8.07. The Kier molecular flexibility index (Phi) is 5.45. The topological polar surface area (TPSA) is 75.1 Å². The van der Waals surface area contributed by atoms with Gasteiger partial charge >= 0.3 is 6.18 Å². The number of hydrogen-bond donors (Lipinski definition) is 2. The SMILES string of the molecule is Cc1nc2nc(CNc3cccc(C(F)(F)F)c3)[nH]n2c(=O)c1Cc1ccc(Cl)cc1. The fourth-order valence-corrected chi connectivity index (χ4v) is 3.30. The fraction of sp³-hybridized carbons (Fsp3) is 0.190. The normalized spacial score (nSPS) is 11.8. The smallest absolute Gasteiger partial charge is 0.378 e. The molecule has 0 unspecified atom stereocenters. The molecule has 0 saturated carbocycles. The van der Waals surface area contributed by atoms with E-state index in [0.717, 1.165) is 17.7 Å². The molecule has 2 aromatic carbocycles. The van der Waals surface area contributed by atoms with E-state index in [9.17, 15) is 18.0 Å². The maximum absolute atomic E-state index is 12.9. The lowest BCUT2D eigenvalue weighted by Gasteiger charge is -2.09. The van der Waals surface area contributed by atoms with Crippen molar-refractivity contribution in [1.29, 1.82) is 0 Å². The zero-order valence-corrected chi connectivity index (χ0v) is 17.1. The molecule has 0 aliphatic carbocycles. The van der Waals surface area contributed by atoms with Crippen LogP contribution in [-0.4, -0.2) is 19.6 Å². The maximum atomic E-state index is 12.9. The van der Waals surface area contributed by atoms with Gasteiger partial charge < -0.3 is 5.32 Å². The minimum Gasteiger partial charge on any atom is -0.378 e. The van der Waals surface area contributed by atoms with Crippen LogP contribution in [0.25, 0.3) is 5.78 Å². The molecule has 0 saturated heterocycles. The van der Waals surface area contributed by atoms with Crippen LogP contribution in [0.1, 0.15) is 28.2 Å². The summed E-state index contributed by atoms with van der Waals surface area (Å²) < 4.78 is 39.8. The number of halogens is 4. The molecule has 31 heavy (non-hydrogen) atoms. The van der Waals surface area contributed by atoms with Crippen molar-refractivity contribution in [2.24, 2.45) is 0 Å². The highest BCUT2D eigenvalue weighted by Crippen LogP contribution is 2.30. The van der Waals surface area contributed by atoms with Gasteiger partial charge in [-0.3, -0.25) is 9.89 Å². The highest BCUT2D eigenvalue weighted by atomic mass is 35.5. The van der Waals surface area contributed by atoms with Crippen LogP contribution in [0.5, 0.6) is 0 Å². The first-order valence-corrected chi connectivity index (χ1v) is 9.71. The Hall–Kier alpha value is -3.33. The number of alkyl halides is 3. The molecule has 0 aliphatic rings. The fourth-order valence-electron chi connectivity index (χ4n) is 3.18. The monoisotopic (exact) mass is 447 g/mol. The summed E-state index contributed by atoms with van der Waals surface area (Å²) in [5.41, 5.74) is 1.25. The summed E-state index contributed by atoms with van der Waals surface area (Å²) in [6.45, 7) is 1.83. The summed E-state index contributed by atoms with van der Waals surface area (Å²) >= 11 is 5.91. The van der Waals surface area contributed by atoms with Gasteiger partial charge in [0, 0.05) is 22.7 Å². The van der Waals surface area contributed by atoms with Gasteiger partial charge in [0.1, 0.15) is 5.82 Å². The minimum atomic E-state index is -4.42. The third-order valence-corrected chi connectivity index (χ3v) is 5.04. The van der Waals surface area contributed by atoms with Gasteiger partial charge in [-0.15, -0.1) is 0 Å². The van der Waals surface area contributed by atoms with E-state index in [4.69, 9.17) is 11.6 Å². The quantitative estimate of drug-likeness (QED) is 0.469. The number of rotatable bonds is 5. The van der Waals surface area contributed by atoms with Gasteiger partial charge in [0.2, 0.25) is 0 Å². The molecule has 0 bridgehead atoms. The van der Waals surface area contributed by atoms with E-state index in [2.05, 4.69) is 20.4 Å². The lowest BCUT2D eigenvalue weighted by molar-refractivity contribution is -0.137. The van der Waals surface area contributed by atoms with E-state index in [0.29, 0.717) is 28.5 Å². The molecule has 160 valence electrons. The molecular formula is C21H17ClF3N5O.